The van der Waals surface area contributed by atoms with Crippen molar-refractivity contribution in [1.82, 2.24) is 4.98 Å². The van der Waals surface area contributed by atoms with Crippen molar-refractivity contribution in [2.24, 2.45) is 0 Å². The number of anilines is 2. The molecule has 0 fully saturated rings. The lowest BCUT2D eigenvalue weighted by molar-refractivity contribution is 0.101. The second-order valence-corrected chi connectivity index (χ2v) is 4.47. The number of pyridine rings is 1. The van der Waals surface area contributed by atoms with Gasteiger partial charge in [-0.1, -0.05) is 0 Å². The molecule has 0 saturated carbocycles. The third-order valence-electron chi connectivity index (χ3n) is 2.34. The molecule has 4 nitrogen and oxygen atoms in total. The molecule has 1 amide bonds. The molecule has 1 heterocycles. The summed E-state index contributed by atoms with van der Waals surface area (Å²) in [6.07, 6.45) is 1.44. The summed E-state index contributed by atoms with van der Waals surface area (Å²) in [7, 11) is 0. The maximum Gasteiger partial charge on any atom is 0.262 e. The molecule has 0 radical (unpaired) electrons. The highest BCUT2D eigenvalue weighted by atomic mass is 79.9. The van der Waals surface area contributed by atoms with Crippen LogP contribution in [0.1, 0.15) is 10.4 Å². The van der Waals surface area contributed by atoms with Gasteiger partial charge < -0.3 is 11.1 Å². The first-order valence-electron chi connectivity index (χ1n) is 5.16. The lowest BCUT2D eigenvalue weighted by Crippen LogP contribution is -2.17. The number of nitrogen functional groups attached to an aromatic ring is 1. The molecular formula is C12H8BrF2N3O. The highest BCUT2D eigenvalue weighted by Gasteiger charge is 2.20. The number of nitrogens with zero attached hydrogens (tertiary/aromatic N) is 1. The predicted octanol–water partition coefficient (Wildman–Crippen LogP) is 2.96. The van der Waals surface area contributed by atoms with E-state index in [1.165, 1.54) is 6.20 Å². The molecule has 0 bridgehead atoms. The summed E-state index contributed by atoms with van der Waals surface area (Å²) in [6, 6.07) is 5.26. The molecule has 2 rings (SSSR count). The number of amides is 1. The third-order valence-corrected chi connectivity index (χ3v) is 2.98. The van der Waals surface area contributed by atoms with Crippen LogP contribution in [0, 0.1) is 11.6 Å². The number of hydrogen-bond acceptors (Lipinski definition) is 3. The zero-order valence-electron chi connectivity index (χ0n) is 9.45. The summed E-state index contributed by atoms with van der Waals surface area (Å²) in [4.78, 5) is 15.7. The van der Waals surface area contributed by atoms with Crippen LogP contribution in [0.15, 0.2) is 34.9 Å². The lowest BCUT2D eigenvalue weighted by Gasteiger charge is -2.08. The fourth-order valence-electron chi connectivity index (χ4n) is 1.42. The van der Waals surface area contributed by atoms with Crippen LogP contribution in [0.4, 0.5) is 20.3 Å². The summed E-state index contributed by atoms with van der Waals surface area (Å²) < 4.78 is 27.6. The molecule has 98 valence electrons. The fourth-order valence-corrected chi connectivity index (χ4v) is 1.78. The van der Waals surface area contributed by atoms with Crippen molar-refractivity contribution >= 4 is 33.3 Å². The molecule has 0 atom stereocenters. The van der Waals surface area contributed by atoms with Crippen LogP contribution in [0.2, 0.25) is 0 Å². The third kappa shape index (κ3) is 2.70. The van der Waals surface area contributed by atoms with Crippen LogP contribution in [-0.2, 0) is 0 Å². The Morgan fingerprint density at radius 2 is 2.05 bits per heavy atom. The van der Waals surface area contributed by atoms with Crippen molar-refractivity contribution in [3.63, 3.8) is 0 Å². The van der Waals surface area contributed by atoms with E-state index in [-0.39, 0.29) is 11.5 Å². The summed E-state index contributed by atoms with van der Waals surface area (Å²) in [6.45, 7) is 0. The number of nitrogens with two attached hydrogens (primary N) is 1. The monoisotopic (exact) mass is 327 g/mol. The largest absolute Gasteiger partial charge is 0.396 e. The number of aromatic nitrogens is 1. The van der Waals surface area contributed by atoms with Crippen molar-refractivity contribution in [2.75, 3.05) is 11.1 Å². The van der Waals surface area contributed by atoms with Gasteiger partial charge in [0.05, 0.1) is 10.2 Å². The van der Waals surface area contributed by atoms with Gasteiger partial charge in [0.2, 0.25) is 0 Å². The predicted molar refractivity (Wildman–Crippen MR) is 70.7 cm³/mol. The molecule has 3 N–H and O–H groups in total. The summed E-state index contributed by atoms with van der Waals surface area (Å²) in [5.74, 6) is -2.88. The SMILES string of the molecule is Nc1ccc(F)c(C(=O)Nc2ncccc2Br)c1F. The Bertz CT molecular complexity index is 649. The van der Waals surface area contributed by atoms with Crippen molar-refractivity contribution in [3.05, 3.63) is 52.1 Å². The van der Waals surface area contributed by atoms with E-state index in [0.29, 0.717) is 4.47 Å². The van der Waals surface area contributed by atoms with Crippen LogP contribution >= 0.6 is 15.9 Å². The van der Waals surface area contributed by atoms with Crippen LogP contribution in [0.3, 0.4) is 0 Å². The Morgan fingerprint density at radius 3 is 2.74 bits per heavy atom. The van der Waals surface area contributed by atoms with Gasteiger partial charge in [-0.3, -0.25) is 4.79 Å². The first-order valence-corrected chi connectivity index (χ1v) is 5.95. The maximum absolute atomic E-state index is 13.7. The quantitative estimate of drug-likeness (QED) is 0.833. The summed E-state index contributed by atoms with van der Waals surface area (Å²) in [5, 5.41) is 2.30. The maximum atomic E-state index is 13.7. The van der Waals surface area contributed by atoms with Crippen molar-refractivity contribution in [3.8, 4) is 0 Å². The summed E-state index contributed by atoms with van der Waals surface area (Å²) in [5.41, 5.74) is 4.27. The molecule has 0 spiro atoms. The Labute approximate surface area is 115 Å². The van der Waals surface area contributed by atoms with Crippen LogP contribution < -0.4 is 11.1 Å². The van der Waals surface area contributed by atoms with Gasteiger partial charge in [0.25, 0.3) is 5.91 Å². The average Bonchev–Trinajstić information content (AvgIpc) is 2.37. The number of hydrogen-bond donors (Lipinski definition) is 2. The molecule has 7 heteroatoms. The summed E-state index contributed by atoms with van der Waals surface area (Å²) >= 11 is 3.16. The van der Waals surface area contributed by atoms with E-state index in [1.54, 1.807) is 12.1 Å². The van der Waals surface area contributed by atoms with E-state index >= 15 is 0 Å². The lowest BCUT2D eigenvalue weighted by atomic mass is 10.1. The van der Waals surface area contributed by atoms with Crippen LogP contribution in [0.25, 0.3) is 0 Å². The van der Waals surface area contributed by atoms with E-state index in [0.717, 1.165) is 12.1 Å². The van der Waals surface area contributed by atoms with Gasteiger partial charge in [-0.15, -0.1) is 0 Å². The van der Waals surface area contributed by atoms with Gasteiger partial charge in [0.15, 0.2) is 5.82 Å². The number of rotatable bonds is 2. The van der Waals surface area contributed by atoms with Gasteiger partial charge in [-0.25, -0.2) is 13.8 Å². The number of halogens is 3. The molecule has 0 saturated heterocycles. The molecule has 1 aromatic carbocycles. The Balaban J connectivity index is 2.36. The fraction of sp³-hybridized carbons (Fsp3) is 0. The first kappa shape index (κ1) is 13.4. The number of carbonyl (C=O) groups excluding carboxylic acids is 1. The molecular weight excluding hydrogens is 320 g/mol. The van der Waals surface area contributed by atoms with E-state index < -0.39 is 23.1 Å². The molecule has 1 aromatic heterocycles. The molecule has 0 aliphatic heterocycles. The van der Waals surface area contributed by atoms with Gasteiger partial charge in [0.1, 0.15) is 17.2 Å². The van der Waals surface area contributed by atoms with Crippen molar-refractivity contribution < 1.29 is 13.6 Å². The second kappa shape index (κ2) is 5.31. The highest BCUT2D eigenvalue weighted by molar-refractivity contribution is 9.10. The minimum absolute atomic E-state index is 0.161. The average molecular weight is 328 g/mol. The molecule has 2 aromatic rings. The second-order valence-electron chi connectivity index (χ2n) is 3.61. The van der Waals surface area contributed by atoms with Crippen LogP contribution in [-0.4, -0.2) is 10.9 Å². The Kier molecular flexibility index (Phi) is 3.75. The molecule has 0 aliphatic carbocycles. The van der Waals surface area contributed by atoms with Crippen LogP contribution in [0.5, 0.6) is 0 Å². The van der Waals surface area contributed by atoms with Gasteiger partial charge >= 0.3 is 0 Å². The van der Waals surface area contributed by atoms with E-state index in [4.69, 9.17) is 5.73 Å². The zero-order chi connectivity index (χ0) is 14.0. The first-order chi connectivity index (χ1) is 9.00. The van der Waals surface area contributed by atoms with Crippen molar-refractivity contribution in [1.29, 1.82) is 0 Å². The number of nitrogens with one attached hydrogen (secondary N) is 1. The Morgan fingerprint density at radius 1 is 1.32 bits per heavy atom. The zero-order valence-corrected chi connectivity index (χ0v) is 11.0. The van der Waals surface area contributed by atoms with Gasteiger partial charge in [-0.05, 0) is 40.2 Å². The number of carbonyl (C=O) groups is 1. The normalized spacial score (nSPS) is 10.3. The van der Waals surface area contributed by atoms with Gasteiger partial charge in [-0.2, -0.15) is 0 Å². The smallest absolute Gasteiger partial charge is 0.262 e. The van der Waals surface area contributed by atoms with E-state index in [9.17, 15) is 13.6 Å². The Hall–Kier alpha value is -2.02. The van der Waals surface area contributed by atoms with E-state index in [2.05, 4.69) is 26.2 Å². The highest BCUT2D eigenvalue weighted by Crippen LogP contribution is 2.22. The minimum Gasteiger partial charge on any atom is -0.396 e. The van der Waals surface area contributed by atoms with Crippen molar-refractivity contribution in [2.45, 2.75) is 0 Å². The van der Waals surface area contributed by atoms with Gasteiger partial charge in [0, 0.05) is 6.20 Å². The topological polar surface area (TPSA) is 68.0 Å². The standard InChI is InChI=1S/C12H8BrF2N3O/c13-6-2-1-5-17-11(6)18-12(19)9-7(14)3-4-8(16)10(9)15/h1-5H,16H2,(H,17,18,19). The molecule has 0 aliphatic rings. The minimum atomic E-state index is -1.09. The number of benzene rings is 1. The molecule has 0 unspecified atom stereocenters. The molecule has 19 heavy (non-hydrogen) atoms. The van der Waals surface area contributed by atoms with E-state index in [1.807, 2.05) is 0 Å².